The van der Waals surface area contributed by atoms with Gasteiger partial charge in [0, 0.05) is 17.5 Å². The molecule has 0 saturated heterocycles. The van der Waals surface area contributed by atoms with E-state index in [2.05, 4.69) is 12.1 Å². The maximum atomic E-state index is 5.98. The van der Waals surface area contributed by atoms with Crippen LogP contribution in [-0.2, 0) is 18.3 Å². The highest BCUT2D eigenvalue weighted by molar-refractivity contribution is 5.49. The Morgan fingerprint density at radius 1 is 1.11 bits per heavy atom. The van der Waals surface area contributed by atoms with Crippen LogP contribution in [0.1, 0.15) is 48.8 Å². The Labute approximate surface area is 110 Å². The Bertz CT molecular complexity index is 449. The van der Waals surface area contributed by atoms with Gasteiger partial charge in [-0.15, -0.1) is 0 Å². The van der Waals surface area contributed by atoms with Crippen LogP contribution >= 0.6 is 0 Å². The highest BCUT2D eigenvalue weighted by Crippen LogP contribution is 2.51. The molecular formula is C16H23NO. The molecule has 0 amide bonds. The van der Waals surface area contributed by atoms with Crippen LogP contribution in [0.5, 0.6) is 5.75 Å². The number of methoxy groups -OCH3 is 1. The van der Waals surface area contributed by atoms with Crippen molar-refractivity contribution in [2.45, 2.75) is 50.4 Å². The minimum atomic E-state index is 0.229. The second kappa shape index (κ2) is 4.58. The number of rotatable bonds is 3. The van der Waals surface area contributed by atoms with Crippen LogP contribution in [0.2, 0.25) is 0 Å². The minimum Gasteiger partial charge on any atom is -0.496 e. The van der Waals surface area contributed by atoms with E-state index in [9.17, 15) is 0 Å². The lowest BCUT2D eigenvalue weighted by Crippen LogP contribution is -2.21. The number of hydrogen-bond donors (Lipinski definition) is 1. The maximum absolute atomic E-state index is 5.98. The van der Waals surface area contributed by atoms with Crippen LogP contribution in [0.4, 0.5) is 0 Å². The van der Waals surface area contributed by atoms with Crippen molar-refractivity contribution < 1.29 is 4.74 Å². The number of benzene rings is 1. The van der Waals surface area contributed by atoms with Gasteiger partial charge < -0.3 is 10.5 Å². The molecule has 18 heavy (non-hydrogen) atoms. The molecule has 2 N–H and O–H groups in total. The predicted octanol–water partition coefficient (Wildman–Crippen LogP) is 2.95. The quantitative estimate of drug-likeness (QED) is 0.831. The van der Waals surface area contributed by atoms with Gasteiger partial charge in [0.05, 0.1) is 7.11 Å². The molecule has 3 rings (SSSR count). The summed E-state index contributed by atoms with van der Waals surface area (Å²) in [4.78, 5) is 0. The fraction of sp³-hybridized carbons (Fsp3) is 0.625. The summed E-state index contributed by atoms with van der Waals surface area (Å²) < 4.78 is 5.62. The van der Waals surface area contributed by atoms with Gasteiger partial charge in [0.1, 0.15) is 5.75 Å². The molecule has 1 aromatic carbocycles. The van der Waals surface area contributed by atoms with E-state index in [1.165, 1.54) is 56.1 Å². The zero-order valence-electron chi connectivity index (χ0n) is 11.3. The lowest BCUT2D eigenvalue weighted by atomic mass is 9.90. The molecule has 1 fully saturated rings. The number of nitrogens with two attached hydrogens (primary N) is 1. The van der Waals surface area contributed by atoms with Crippen molar-refractivity contribution >= 4 is 0 Å². The molecule has 1 aromatic rings. The van der Waals surface area contributed by atoms with E-state index in [0.29, 0.717) is 0 Å². The van der Waals surface area contributed by atoms with Gasteiger partial charge in [0.15, 0.2) is 0 Å². The van der Waals surface area contributed by atoms with Crippen molar-refractivity contribution in [2.24, 2.45) is 5.73 Å². The normalized spacial score (nSPS) is 21.0. The Hall–Kier alpha value is -1.02. The molecule has 0 aliphatic heterocycles. The molecule has 0 unspecified atom stereocenters. The van der Waals surface area contributed by atoms with Gasteiger partial charge in [-0.3, -0.25) is 0 Å². The molecule has 2 aliphatic carbocycles. The van der Waals surface area contributed by atoms with E-state index in [4.69, 9.17) is 10.5 Å². The molecule has 0 atom stereocenters. The van der Waals surface area contributed by atoms with Gasteiger partial charge in [-0.1, -0.05) is 12.5 Å². The first kappa shape index (κ1) is 12.0. The topological polar surface area (TPSA) is 35.2 Å². The molecule has 2 heteroatoms. The van der Waals surface area contributed by atoms with E-state index in [-0.39, 0.29) is 5.41 Å². The fourth-order valence-corrected chi connectivity index (χ4v) is 3.26. The fourth-order valence-electron chi connectivity index (χ4n) is 3.26. The van der Waals surface area contributed by atoms with Crippen molar-refractivity contribution in [3.05, 3.63) is 28.8 Å². The lowest BCUT2D eigenvalue weighted by Gasteiger charge is -2.20. The summed E-state index contributed by atoms with van der Waals surface area (Å²) in [6.07, 6.45) is 8.88. The molecule has 0 bridgehead atoms. The first-order valence-corrected chi connectivity index (χ1v) is 7.19. The minimum absolute atomic E-state index is 0.229. The molecule has 2 nitrogen and oxygen atoms in total. The third kappa shape index (κ3) is 1.93. The van der Waals surface area contributed by atoms with Crippen LogP contribution in [0, 0.1) is 0 Å². The van der Waals surface area contributed by atoms with E-state index >= 15 is 0 Å². The zero-order chi connectivity index (χ0) is 12.6. The highest BCUT2D eigenvalue weighted by atomic mass is 16.5. The summed E-state index contributed by atoms with van der Waals surface area (Å²) in [5, 5.41) is 0. The number of aryl methyl sites for hydroxylation is 2. The van der Waals surface area contributed by atoms with Gasteiger partial charge >= 0.3 is 0 Å². The van der Waals surface area contributed by atoms with Crippen molar-refractivity contribution in [1.29, 1.82) is 0 Å². The van der Waals surface area contributed by atoms with Crippen LogP contribution in [0.3, 0.4) is 0 Å². The predicted molar refractivity (Wildman–Crippen MR) is 74.2 cm³/mol. The van der Waals surface area contributed by atoms with E-state index < -0.39 is 0 Å². The first-order chi connectivity index (χ1) is 8.79. The maximum Gasteiger partial charge on any atom is 0.122 e. The summed E-state index contributed by atoms with van der Waals surface area (Å²) in [5.41, 5.74) is 10.6. The number of ether oxygens (including phenoxy) is 1. The van der Waals surface area contributed by atoms with Gasteiger partial charge in [-0.05, 0) is 55.7 Å². The molecule has 0 aromatic heterocycles. The van der Waals surface area contributed by atoms with Crippen LogP contribution in [-0.4, -0.2) is 13.7 Å². The molecule has 0 spiro atoms. The van der Waals surface area contributed by atoms with Gasteiger partial charge in [-0.25, -0.2) is 0 Å². The van der Waals surface area contributed by atoms with Crippen molar-refractivity contribution in [3.63, 3.8) is 0 Å². The Morgan fingerprint density at radius 3 is 2.33 bits per heavy atom. The molecule has 98 valence electrons. The summed E-state index contributed by atoms with van der Waals surface area (Å²) in [5.74, 6) is 1.07. The van der Waals surface area contributed by atoms with E-state index in [0.717, 1.165) is 12.3 Å². The average Bonchev–Trinajstić information content (AvgIpc) is 3.21. The second-order valence-corrected chi connectivity index (χ2v) is 5.87. The van der Waals surface area contributed by atoms with Crippen molar-refractivity contribution in [3.8, 4) is 5.75 Å². The second-order valence-electron chi connectivity index (χ2n) is 5.87. The van der Waals surface area contributed by atoms with Crippen LogP contribution in [0.25, 0.3) is 0 Å². The molecular weight excluding hydrogens is 222 g/mol. The Balaban J connectivity index is 2.05. The van der Waals surface area contributed by atoms with Gasteiger partial charge in [0.25, 0.3) is 0 Å². The smallest absolute Gasteiger partial charge is 0.122 e. The monoisotopic (exact) mass is 245 g/mol. The first-order valence-electron chi connectivity index (χ1n) is 7.19. The average molecular weight is 245 g/mol. The summed E-state index contributed by atoms with van der Waals surface area (Å²) in [7, 11) is 1.79. The Kier molecular flexibility index (Phi) is 3.06. The zero-order valence-corrected chi connectivity index (χ0v) is 11.3. The SMILES string of the molecule is COc1cc2c(cc1C1(CN)CC1)CCCCC2. The lowest BCUT2D eigenvalue weighted by molar-refractivity contribution is 0.403. The van der Waals surface area contributed by atoms with E-state index in [1.54, 1.807) is 12.7 Å². The highest BCUT2D eigenvalue weighted by Gasteiger charge is 2.45. The standard InChI is InChI=1S/C16H23NO/c1-18-15-10-13-6-4-2-3-5-12(13)9-14(15)16(11-17)7-8-16/h9-10H,2-8,11,17H2,1H3. The summed E-state index contributed by atoms with van der Waals surface area (Å²) in [6, 6.07) is 4.69. The molecule has 2 aliphatic rings. The van der Waals surface area contributed by atoms with Crippen LogP contribution < -0.4 is 10.5 Å². The molecule has 1 saturated carbocycles. The number of fused-ring (bicyclic) bond motifs is 1. The van der Waals surface area contributed by atoms with Gasteiger partial charge in [-0.2, -0.15) is 0 Å². The number of hydrogen-bond acceptors (Lipinski definition) is 2. The van der Waals surface area contributed by atoms with Crippen molar-refractivity contribution in [2.75, 3.05) is 13.7 Å². The van der Waals surface area contributed by atoms with Crippen LogP contribution in [0.15, 0.2) is 12.1 Å². The van der Waals surface area contributed by atoms with Crippen molar-refractivity contribution in [1.82, 2.24) is 0 Å². The largest absolute Gasteiger partial charge is 0.496 e. The summed E-state index contributed by atoms with van der Waals surface area (Å²) >= 11 is 0. The van der Waals surface area contributed by atoms with E-state index in [1.807, 2.05) is 0 Å². The van der Waals surface area contributed by atoms with Gasteiger partial charge in [0.2, 0.25) is 0 Å². The molecule has 0 radical (unpaired) electrons. The molecule has 0 heterocycles. The third-order valence-corrected chi connectivity index (χ3v) is 4.73. The Morgan fingerprint density at radius 2 is 1.78 bits per heavy atom. The third-order valence-electron chi connectivity index (χ3n) is 4.73. The summed E-state index contributed by atoms with van der Waals surface area (Å²) in [6.45, 7) is 0.752.